The number of nitrogens with zero attached hydrogens (tertiary/aromatic N) is 5. The maximum atomic E-state index is 13.1. The summed E-state index contributed by atoms with van der Waals surface area (Å²) in [5.74, 6) is 0.178. The lowest BCUT2D eigenvalue weighted by Crippen LogP contribution is -2.42. The van der Waals surface area contributed by atoms with Crippen molar-refractivity contribution in [3.63, 3.8) is 0 Å². The van der Waals surface area contributed by atoms with Gasteiger partial charge in [0.15, 0.2) is 9.84 Å². The summed E-state index contributed by atoms with van der Waals surface area (Å²) in [7, 11) is -3.10. The predicted octanol–water partition coefficient (Wildman–Crippen LogP) is 2.10. The predicted molar refractivity (Wildman–Crippen MR) is 107 cm³/mol. The third-order valence-corrected chi connectivity index (χ3v) is 8.00. The number of para-hydroxylation sites is 1. The van der Waals surface area contributed by atoms with E-state index in [9.17, 15) is 13.2 Å². The topological polar surface area (TPSA) is 98.1 Å². The van der Waals surface area contributed by atoms with Crippen LogP contribution in [0.1, 0.15) is 38.1 Å². The number of amides is 1. The van der Waals surface area contributed by atoms with Crippen LogP contribution in [0.4, 0.5) is 5.69 Å². The van der Waals surface area contributed by atoms with Crippen LogP contribution in [0.15, 0.2) is 35.5 Å². The van der Waals surface area contributed by atoms with E-state index in [1.165, 1.54) is 24.6 Å². The molecule has 10 heteroatoms. The highest BCUT2D eigenvalue weighted by Gasteiger charge is 2.35. The van der Waals surface area contributed by atoms with Crippen molar-refractivity contribution in [1.29, 1.82) is 0 Å². The van der Waals surface area contributed by atoms with Crippen molar-refractivity contribution in [3.05, 3.63) is 30.3 Å². The number of hydrogen-bond acceptors (Lipinski definition) is 7. The number of aromatic nitrogens is 4. The van der Waals surface area contributed by atoms with Gasteiger partial charge in [-0.15, -0.1) is 5.10 Å². The first-order valence-corrected chi connectivity index (χ1v) is 12.3. The van der Waals surface area contributed by atoms with E-state index in [2.05, 4.69) is 15.5 Å². The van der Waals surface area contributed by atoms with Crippen LogP contribution < -0.4 is 4.90 Å². The molecule has 1 amide bonds. The number of thioether (sulfide) groups is 1. The minimum absolute atomic E-state index is 0.0120. The number of rotatable bonds is 6. The molecule has 0 N–H and O–H groups in total. The summed E-state index contributed by atoms with van der Waals surface area (Å²) < 4.78 is 25.8. The molecule has 4 rings (SSSR count). The molecule has 1 atom stereocenters. The Hall–Kier alpha value is -1.94. The van der Waals surface area contributed by atoms with Crippen LogP contribution in [0.5, 0.6) is 0 Å². The average Bonchev–Trinajstić information content (AvgIpc) is 3.41. The molecule has 0 radical (unpaired) electrons. The van der Waals surface area contributed by atoms with Crippen molar-refractivity contribution in [1.82, 2.24) is 20.2 Å². The van der Waals surface area contributed by atoms with Gasteiger partial charge in [0.2, 0.25) is 11.1 Å². The molecule has 28 heavy (non-hydrogen) atoms. The summed E-state index contributed by atoms with van der Waals surface area (Å²) in [5, 5.41) is 12.6. The fourth-order valence-corrected chi connectivity index (χ4v) is 6.48. The van der Waals surface area contributed by atoms with Gasteiger partial charge in [0.05, 0.1) is 29.3 Å². The highest BCUT2D eigenvalue weighted by Crippen LogP contribution is 2.32. The van der Waals surface area contributed by atoms with Gasteiger partial charge >= 0.3 is 0 Å². The van der Waals surface area contributed by atoms with Crippen molar-refractivity contribution in [3.8, 4) is 0 Å². The van der Waals surface area contributed by atoms with Crippen LogP contribution in [-0.4, -0.2) is 57.8 Å². The minimum Gasteiger partial charge on any atom is -0.308 e. The minimum atomic E-state index is -3.10. The molecule has 2 heterocycles. The molecule has 0 spiro atoms. The number of sulfone groups is 1. The molecule has 1 saturated heterocycles. The van der Waals surface area contributed by atoms with Crippen LogP contribution in [0.2, 0.25) is 0 Å². The second-order valence-electron chi connectivity index (χ2n) is 7.29. The number of tetrazole rings is 1. The quantitative estimate of drug-likeness (QED) is 0.659. The lowest BCUT2D eigenvalue weighted by molar-refractivity contribution is -0.116. The van der Waals surface area contributed by atoms with E-state index in [4.69, 9.17) is 0 Å². The summed E-state index contributed by atoms with van der Waals surface area (Å²) in [6.45, 7) is 0. The van der Waals surface area contributed by atoms with E-state index in [0.29, 0.717) is 17.6 Å². The smallest absolute Gasteiger partial charge is 0.237 e. The van der Waals surface area contributed by atoms with E-state index in [1.54, 1.807) is 4.90 Å². The lowest BCUT2D eigenvalue weighted by Gasteiger charge is -2.28. The van der Waals surface area contributed by atoms with Gasteiger partial charge in [0, 0.05) is 5.69 Å². The van der Waals surface area contributed by atoms with Gasteiger partial charge in [0.1, 0.15) is 0 Å². The molecule has 1 unspecified atom stereocenters. The summed E-state index contributed by atoms with van der Waals surface area (Å²) in [6, 6.07) is 9.25. The Labute approximate surface area is 168 Å². The number of carbonyl (C=O) groups excluding carboxylic acids is 1. The first-order chi connectivity index (χ1) is 13.5. The summed E-state index contributed by atoms with van der Waals surface area (Å²) in [4.78, 5) is 14.7. The molecular weight excluding hydrogens is 398 g/mol. The number of benzene rings is 1. The van der Waals surface area contributed by atoms with Gasteiger partial charge in [-0.25, -0.2) is 13.1 Å². The monoisotopic (exact) mass is 421 g/mol. The Morgan fingerprint density at radius 1 is 1.18 bits per heavy atom. The fraction of sp³-hybridized carbons (Fsp3) is 0.556. The van der Waals surface area contributed by atoms with Crippen LogP contribution in [0.25, 0.3) is 0 Å². The molecule has 1 aliphatic heterocycles. The zero-order valence-corrected chi connectivity index (χ0v) is 17.1. The lowest BCUT2D eigenvalue weighted by atomic mass is 10.2. The summed E-state index contributed by atoms with van der Waals surface area (Å²) in [5.41, 5.74) is 0.727. The molecule has 2 aliphatic rings. The van der Waals surface area contributed by atoms with Crippen LogP contribution in [-0.2, 0) is 14.6 Å². The highest BCUT2D eigenvalue weighted by molar-refractivity contribution is 7.99. The first-order valence-electron chi connectivity index (χ1n) is 9.52. The molecule has 1 aromatic carbocycles. The van der Waals surface area contributed by atoms with E-state index in [1.807, 2.05) is 35.0 Å². The Kier molecular flexibility index (Phi) is 5.68. The fourth-order valence-electron chi connectivity index (χ4n) is 3.98. The average molecular weight is 422 g/mol. The van der Waals surface area contributed by atoms with Gasteiger partial charge < -0.3 is 4.90 Å². The molecule has 2 fully saturated rings. The number of anilines is 1. The molecule has 1 aliphatic carbocycles. The van der Waals surface area contributed by atoms with Gasteiger partial charge in [-0.3, -0.25) is 4.79 Å². The summed E-state index contributed by atoms with van der Waals surface area (Å²) in [6.07, 6.45) is 4.93. The normalized spacial score (nSPS) is 21.8. The van der Waals surface area contributed by atoms with Crippen molar-refractivity contribution >= 4 is 33.2 Å². The van der Waals surface area contributed by atoms with Gasteiger partial charge in [-0.05, 0) is 41.8 Å². The number of hydrogen-bond donors (Lipinski definition) is 0. The second-order valence-corrected chi connectivity index (χ2v) is 10.5. The first kappa shape index (κ1) is 19.4. The van der Waals surface area contributed by atoms with E-state index in [-0.39, 0.29) is 29.2 Å². The van der Waals surface area contributed by atoms with Crippen LogP contribution in [0, 0.1) is 0 Å². The third kappa shape index (κ3) is 4.22. The number of carbonyl (C=O) groups is 1. The maximum Gasteiger partial charge on any atom is 0.237 e. The maximum absolute atomic E-state index is 13.1. The third-order valence-electron chi connectivity index (χ3n) is 5.33. The molecule has 8 nitrogen and oxygen atoms in total. The molecule has 1 aromatic heterocycles. The van der Waals surface area contributed by atoms with Crippen molar-refractivity contribution in [2.24, 2.45) is 0 Å². The zero-order valence-electron chi connectivity index (χ0n) is 15.5. The Morgan fingerprint density at radius 2 is 1.93 bits per heavy atom. The van der Waals surface area contributed by atoms with Crippen molar-refractivity contribution in [2.45, 2.75) is 49.3 Å². The second kappa shape index (κ2) is 8.20. The summed E-state index contributed by atoms with van der Waals surface area (Å²) >= 11 is 1.32. The van der Waals surface area contributed by atoms with Gasteiger partial charge in [0.25, 0.3) is 0 Å². The Morgan fingerprint density at radius 3 is 2.61 bits per heavy atom. The highest BCUT2D eigenvalue weighted by atomic mass is 32.2. The molecule has 2 aromatic rings. The van der Waals surface area contributed by atoms with Crippen molar-refractivity contribution in [2.75, 3.05) is 22.2 Å². The van der Waals surface area contributed by atoms with Crippen LogP contribution in [0.3, 0.4) is 0 Å². The zero-order chi connectivity index (χ0) is 19.6. The SMILES string of the molecule is O=C(CSc1nnnn1C1CCCC1)N(c1ccccc1)C1CCS(=O)(=O)C1. The molecule has 1 saturated carbocycles. The molecule has 150 valence electrons. The Bertz CT molecular complexity index is 926. The largest absolute Gasteiger partial charge is 0.308 e. The van der Waals surface area contributed by atoms with Crippen LogP contribution >= 0.6 is 11.8 Å². The van der Waals surface area contributed by atoms with Crippen molar-refractivity contribution < 1.29 is 13.2 Å². The van der Waals surface area contributed by atoms with E-state index < -0.39 is 9.84 Å². The Balaban J connectivity index is 1.50. The molecule has 0 bridgehead atoms. The standard InChI is InChI=1S/C18H23N5O3S2/c24-17(12-27-18-19-20-21-23(18)15-8-4-5-9-15)22(14-6-2-1-3-7-14)16-10-11-28(25,26)13-16/h1-3,6-7,15-16H,4-5,8-13H2. The molecular formula is C18H23N5O3S2. The van der Waals surface area contributed by atoms with E-state index in [0.717, 1.165) is 18.5 Å². The van der Waals surface area contributed by atoms with Gasteiger partial charge in [-0.1, -0.05) is 42.8 Å². The van der Waals surface area contributed by atoms with Gasteiger partial charge in [-0.2, -0.15) is 0 Å². The van der Waals surface area contributed by atoms with E-state index >= 15 is 0 Å².